The molecule has 0 radical (unpaired) electrons. The van der Waals surface area contributed by atoms with Gasteiger partial charge in [-0.1, -0.05) is 38.8 Å². The average molecular weight is 547 g/mol. The van der Waals surface area contributed by atoms with Gasteiger partial charge in [-0.3, -0.25) is 19.3 Å². The largest absolute Gasteiger partial charge is 0.370 e. The lowest BCUT2D eigenvalue weighted by Crippen LogP contribution is -2.58. The van der Waals surface area contributed by atoms with Crippen LogP contribution in [0.4, 0.5) is 11.4 Å². The monoisotopic (exact) mass is 546 g/mol. The summed E-state index contributed by atoms with van der Waals surface area (Å²) >= 11 is 7.22. The Morgan fingerprint density at radius 3 is 2.49 bits per heavy atom. The molecule has 1 saturated carbocycles. The maximum absolute atomic E-state index is 13.7. The molecule has 8 nitrogen and oxygen atoms in total. The Morgan fingerprint density at radius 1 is 1.19 bits per heavy atom. The number of ether oxygens (including phenoxy) is 1. The van der Waals surface area contributed by atoms with Gasteiger partial charge in [0.15, 0.2) is 0 Å². The molecule has 2 heterocycles. The fourth-order valence-corrected chi connectivity index (χ4v) is 5.53. The first kappa shape index (κ1) is 27.6. The van der Waals surface area contributed by atoms with Crippen LogP contribution in [0.1, 0.15) is 49.7 Å². The molecule has 3 amide bonds. The van der Waals surface area contributed by atoms with Crippen LogP contribution in [-0.4, -0.2) is 67.6 Å². The van der Waals surface area contributed by atoms with E-state index in [0.29, 0.717) is 34.1 Å². The predicted octanol–water partition coefficient (Wildman–Crippen LogP) is 4.40. The molecule has 1 aromatic carbocycles. The topological polar surface area (TPSA) is 91.0 Å². The molecule has 1 atom stereocenters. The van der Waals surface area contributed by atoms with E-state index in [2.05, 4.69) is 36.3 Å². The molecule has 2 N–H and O–H groups in total. The standard InChI is InChI=1S/C27H35ClN4O4S/c1-27(2,3)17-32(19-5-4-6-19)21(15-29-26(35)22-11-12-23(28)37-22)25(34)30-18-7-9-20(10-8-18)31-13-14-36-16-24(31)33/h7-12,19,21H,4-6,13-17H2,1-3H3,(H,29,35)(H,30,34)/t21-/m0/s1. The third kappa shape index (κ3) is 7.31. The number of thiophene rings is 1. The van der Waals surface area contributed by atoms with Gasteiger partial charge in [0.1, 0.15) is 12.6 Å². The van der Waals surface area contributed by atoms with Crippen molar-refractivity contribution >= 4 is 52.0 Å². The molecule has 37 heavy (non-hydrogen) atoms. The van der Waals surface area contributed by atoms with Crippen molar-refractivity contribution in [2.45, 2.75) is 52.1 Å². The Balaban J connectivity index is 1.50. The summed E-state index contributed by atoms with van der Waals surface area (Å²) in [6, 6.07) is 10.4. The first-order chi connectivity index (χ1) is 17.6. The van der Waals surface area contributed by atoms with Gasteiger partial charge in [0, 0.05) is 37.1 Å². The minimum absolute atomic E-state index is 0.0221. The Labute approximate surface area is 227 Å². The van der Waals surface area contributed by atoms with Crippen molar-refractivity contribution in [3.8, 4) is 0 Å². The van der Waals surface area contributed by atoms with Crippen LogP contribution in [0.25, 0.3) is 0 Å². The molecule has 1 saturated heterocycles. The molecule has 10 heteroatoms. The number of anilines is 2. The van der Waals surface area contributed by atoms with Gasteiger partial charge in [-0.15, -0.1) is 11.3 Å². The number of halogens is 1. The number of hydrogen-bond acceptors (Lipinski definition) is 6. The maximum atomic E-state index is 13.7. The minimum atomic E-state index is -0.538. The number of morpholine rings is 1. The molecule has 200 valence electrons. The molecule has 1 aromatic heterocycles. The molecule has 0 unspecified atom stereocenters. The zero-order valence-corrected chi connectivity index (χ0v) is 23.2. The minimum Gasteiger partial charge on any atom is -0.370 e. The van der Waals surface area contributed by atoms with Gasteiger partial charge in [-0.2, -0.15) is 0 Å². The Hall–Kier alpha value is -2.46. The van der Waals surface area contributed by atoms with E-state index in [1.54, 1.807) is 29.2 Å². The zero-order chi connectivity index (χ0) is 26.6. The summed E-state index contributed by atoms with van der Waals surface area (Å²) in [5.74, 6) is -0.487. The third-order valence-electron chi connectivity index (χ3n) is 6.59. The average Bonchev–Trinajstić information content (AvgIpc) is 3.24. The predicted molar refractivity (Wildman–Crippen MR) is 147 cm³/mol. The molecule has 0 spiro atoms. The van der Waals surface area contributed by atoms with Crippen molar-refractivity contribution < 1.29 is 19.1 Å². The van der Waals surface area contributed by atoms with E-state index < -0.39 is 6.04 Å². The fourth-order valence-electron chi connectivity index (χ4n) is 4.57. The van der Waals surface area contributed by atoms with Gasteiger partial charge in [0.25, 0.3) is 11.8 Å². The van der Waals surface area contributed by atoms with Crippen LogP contribution in [0.3, 0.4) is 0 Å². The summed E-state index contributed by atoms with van der Waals surface area (Å²) < 4.78 is 5.75. The summed E-state index contributed by atoms with van der Waals surface area (Å²) in [4.78, 5) is 43.0. The van der Waals surface area contributed by atoms with Crippen LogP contribution < -0.4 is 15.5 Å². The van der Waals surface area contributed by atoms with Crippen molar-refractivity contribution in [2.24, 2.45) is 5.41 Å². The number of rotatable bonds is 9. The first-order valence-corrected chi connectivity index (χ1v) is 13.9. The lowest BCUT2D eigenvalue weighted by molar-refractivity contribution is -0.126. The summed E-state index contributed by atoms with van der Waals surface area (Å²) in [7, 11) is 0. The van der Waals surface area contributed by atoms with Crippen LogP contribution >= 0.6 is 22.9 Å². The maximum Gasteiger partial charge on any atom is 0.261 e. The van der Waals surface area contributed by atoms with Gasteiger partial charge >= 0.3 is 0 Å². The van der Waals surface area contributed by atoms with Crippen molar-refractivity contribution in [3.63, 3.8) is 0 Å². The highest BCUT2D eigenvalue weighted by atomic mass is 35.5. The molecule has 2 fully saturated rings. The summed E-state index contributed by atoms with van der Waals surface area (Å²) in [5, 5.41) is 6.00. The normalized spacial score (nSPS) is 17.4. The number of hydrogen-bond donors (Lipinski definition) is 2. The number of carbonyl (C=O) groups excluding carboxylic acids is 3. The van der Waals surface area contributed by atoms with E-state index >= 15 is 0 Å². The molecular weight excluding hydrogens is 512 g/mol. The van der Waals surface area contributed by atoms with Gasteiger partial charge in [-0.05, 0) is 54.7 Å². The molecule has 2 aromatic rings. The Bertz CT molecular complexity index is 1110. The van der Waals surface area contributed by atoms with Gasteiger partial charge < -0.3 is 20.3 Å². The Morgan fingerprint density at radius 2 is 1.92 bits per heavy atom. The van der Waals surface area contributed by atoms with Crippen LogP contribution in [0, 0.1) is 5.41 Å². The van der Waals surface area contributed by atoms with E-state index in [1.165, 1.54) is 11.3 Å². The molecule has 4 rings (SSSR count). The molecule has 0 bridgehead atoms. The molecule has 1 aliphatic carbocycles. The number of nitrogens with one attached hydrogen (secondary N) is 2. The second kappa shape index (κ2) is 11.9. The summed E-state index contributed by atoms with van der Waals surface area (Å²) in [6.07, 6.45) is 3.22. The van der Waals surface area contributed by atoms with E-state index in [-0.39, 0.29) is 36.3 Å². The number of amides is 3. The smallest absolute Gasteiger partial charge is 0.261 e. The second-order valence-electron chi connectivity index (χ2n) is 10.8. The van der Waals surface area contributed by atoms with Crippen LogP contribution in [0.2, 0.25) is 4.34 Å². The quantitative estimate of drug-likeness (QED) is 0.486. The van der Waals surface area contributed by atoms with Gasteiger partial charge in [0.2, 0.25) is 5.91 Å². The van der Waals surface area contributed by atoms with Gasteiger partial charge in [-0.25, -0.2) is 0 Å². The number of benzene rings is 1. The SMILES string of the molecule is CC(C)(C)CN(C1CCC1)[C@@H](CNC(=O)c1ccc(Cl)s1)C(=O)Nc1ccc(N2CCOCC2=O)cc1. The number of carbonyl (C=O) groups is 3. The van der Waals surface area contributed by atoms with E-state index in [4.69, 9.17) is 16.3 Å². The third-order valence-corrected chi connectivity index (χ3v) is 7.82. The second-order valence-corrected chi connectivity index (χ2v) is 12.5. The zero-order valence-electron chi connectivity index (χ0n) is 21.6. The lowest BCUT2D eigenvalue weighted by Gasteiger charge is -2.44. The van der Waals surface area contributed by atoms with Crippen LogP contribution in [0.5, 0.6) is 0 Å². The van der Waals surface area contributed by atoms with Crippen molar-refractivity contribution in [1.29, 1.82) is 0 Å². The highest BCUT2D eigenvalue weighted by Crippen LogP contribution is 2.30. The highest BCUT2D eigenvalue weighted by Gasteiger charge is 2.37. The summed E-state index contributed by atoms with van der Waals surface area (Å²) in [5.41, 5.74) is 1.39. The number of nitrogens with zero attached hydrogens (tertiary/aromatic N) is 2. The van der Waals surface area contributed by atoms with Crippen molar-refractivity contribution in [3.05, 3.63) is 45.6 Å². The molecular formula is C27H35ClN4O4S. The molecule has 2 aliphatic rings. The first-order valence-electron chi connectivity index (χ1n) is 12.7. The van der Waals surface area contributed by atoms with Crippen molar-refractivity contribution in [1.82, 2.24) is 10.2 Å². The summed E-state index contributed by atoms with van der Waals surface area (Å²) in [6.45, 7) is 8.48. The Kier molecular flexibility index (Phi) is 8.90. The van der Waals surface area contributed by atoms with Gasteiger partial charge in [0.05, 0.1) is 15.8 Å². The van der Waals surface area contributed by atoms with E-state index in [1.807, 2.05) is 12.1 Å². The van der Waals surface area contributed by atoms with E-state index in [9.17, 15) is 14.4 Å². The van der Waals surface area contributed by atoms with Crippen molar-refractivity contribution in [2.75, 3.05) is 43.1 Å². The van der Waals surface area contributed by atoms with Crippen LogP contribution in [0.15, 0.2) is 36.4 Å². The highest BCUT2D eigenvalue weighted by molar-refractivity contribution is 7.18. The van der Waals surface area contributed by atoms with E-state index in [0.717, 1.165) is 31.5 Å². The lowest BCUT2D eigenvalue weighted by atomic mass is 9.86. The fraction of sp³-hybridized carbons (Fsp3) is 0.519. The van der Waals surface area contributed by atoms with Crippen LogP contribution in [-0.2, 0) is 14.3 Å². The molecule has 1 aliphatic heterocycles.